The number of nitrogens with one attached hydrogen (secondary N) is 1. The number of hydrogen-bond donors (Lipinski definition) is 1. The fourth-order valence-electron chi connectivity index (χ4n) is 2.33. The molecule has 0 bridgehead atoms. The zero-order valence-corrected chi connectivity index (χ0v) is 11.1. The van der Waals surface area contributed by atoms with Gasteiger partial charge in [-0.25, -0.2) is 0 Å². The minimum Gasteiger partial charge on any atom is -0.379 e. The van der Waals surface area contributed by atoms with Gasteiger partial charge in [-0.15, -0.1) is 11.3 Å². The molecule has 0 amide bonds. The van der Waals surface area contributed by atoms with E-state index in [2.05, 4.69) is 47.1 Å². The van der Waals surface area contributed by atoms with E-state index in [9.17, 15) is 0 Å². The molecule has 3 rings (SSSR count). The van der Waals surface area contributed by atoms with E-state index in [1.807, 2.05) is 0 Å². The van der Waals surface area contributed by atoms with Gasteiger partial charge in [0.2, 0.25) is 0 Å². The smallest absolute Gasteiger partial charge is 0.0623 e. The molecular weight excluding hydrogens is 242 g/mol. The molecule has 0 radical (unpaired) electrons. The molecule has 1 atom stereocenters. The molecule has 1 N–H and O–H groups in total. The maximum atomic E-state index is 5.50. The Hall–Kier alpha value is -1.16. The van der Waals surface area contributed by atoms with E-state index >= 15 is 0 Å². The van der Waals surface area contributed by atoms with Gasteiger partial charge >= 0.3 is 0 Å². The zero-order valence-electron chi connectivity index (χ0n) is 10.3. The molecule has 1 aromatic carbocycles. The Labute approximate surface area is 112 Å². The Morgan fingerprint density at radius 3 is 3.06 bits per heavy atom. The van der Waals surface area contributed by atoms with Crippen molar-refractivity contribution in [2.45, 2.75) is 12.5 Å². The van der Waals surface area contributed by atoms with E-state index in [4.69, 9.17) is 4.74 Å². The molecule has 2 aromatic rings. The van der Waals surface area contributed by atoms with Crippen molar-refractivity contribution in [2.24, 2.45) is 0 Å². The Morgan fingerprint density at radius 2 is 2.28 bits per heavy atom. The lowest BCUT2D eigenvalue weighted by atomic mass is 10.0. The Bertz CT molecular complexity index is 489. The molecule has 1 saturated heterocycles. The summed E-state index contributed by atoms with van der Waals surface area (Å²) in [5.74, 6) is 0. The third kappa shape index (κ3) is 2.80. The first kappa shape index (κ1) is 11.9. The summed E-state index contributed by atoms with van der Waals surface area (Å²) in [5.41, 5.74) is 2.70. The van der Waals surface area contributed by atoms with Crippen LogP contribution in [0.1, 0.15) is 5.56 Å². The Morgan fingerprint density at radius 1 is 1.28 bits per heavy atom. The highest BCUT2D eigenvalue weighted by Gasteiger charge is 2.13. The molecule has 0 spiro atoms. The molecule has 2 heterocycles. The van der Waals surface area contributed by atoms with Crippen LogP contribution in [0.15, 0.2) is 41.8 Å². The molecule has 0 saturated carbocycles. The van der Waals surface area contributed by atoms with Crippen LogP contribution in [0.4, 0.5) is 0 Å². The normalized spacial score (nSPS) is 19.9. The van der Waals surface area contributed by atoms with Gasteiger partial charge in [0.25, 0.3) is 0 Å². The van der Waals surface area contributed by atoms with Crippen molar-refractivity contribution in [2.75, 3.05) is 19.8 Å². The molecule has 1 aliphatic rings. The van der Waals surface area contributed by atoms with Crippen molar-refractivity contribution in [3.05, 3.63) is 47.3 Å². The van der Waals surface area contributed by atoms with Crippen LogP contribution in [0.25, 0.3) is 10.4 Å². The zero-order chi connectivity index (χ0) is 12.2. The molecule has 1 aliphatic heterocycles. The number of morpholine rings is 1. The van der Waals surface area contributed by atoms with Crippen LogP contribution >= 0.6 is 11.3 Å². The van der Waals surface area contributed by atoms with E-state index in [1.165, 1.54) is 16.0 Å². The number of thiophene rings is 1. The Kier molecular flexibility index (Phi) is 3.74. The van der Waals surface area contributed by atoms with Gasteiger partial charge in [0.15, 0.2) is 0 Å². The van der Waals surface area contributed by atoms with Crippen LogP contribution in [0.5, 0.6) is 0 Å². The summed E-state index contributed by atoms with van der Waals surface area (Å²) < 4.78 is 5.50. The van der Waals surface area contributed by atoms with Crippen LogP contribution in [-0.2, 0) is 11.2 Å². The summed E-state index contributed by atoms with van der Waals surface area (Å²) in [6.45, 7) is 2.63. The van der Waals surface area contributed by atoms with Crippen molar-refractivity contribution in [3.8, 4) is 10.4 Å². The van der Waals surface area contributed by atoms with E-state index in [-0.39, 0.29) is 0 Å². The number of hydrogen-bond acceptors (Lipinski definition) is 3. The first-order valence-corrected chi connectivity index (χ1v) is 7.24. The second-order valence-corrected chi connectivity index (χ2v) is 5.56. The Balaban J connectivity index is 1.74. The third-order valence-corrected chi connectivity index (χ3v) is 4.13. The fraction of sp³-hybridized carbons (Fsp3) is 0.333. The van der Waals surface area contributed by atoms with E-state index in [0.29, 0.717) is 6.04 Å². The summed E-state index contributed by atoms with van der Waals surface area (Å²) in [5, 5.41) is 5.62. The second-order valence-electron chi connectivity index (χ2n) is 4.61. The minimum atomic E-state index is 0.456. The molecule has 2 nitrogen and oxygen atoms in total. The van der Waals surface area contributed by atoms with Crippen LogP contribution in [-0.4, -0.2) is 25.8 Å². The minimum absolute atomic E-state index is 0.456. The molecule has 0 unspecified atom stereocenters. The summed E-state index contributed by atoms with van der Waals surface area (Å²) in [7, 11) is 0. The lowest BCUT2D eigenvalue weighted by molar-refractivity contribution is 0.0770. The van der Waals surface area contributed by atoms with Gasteiger partial charge in [0.1, 0.15) is 0 Å². The quantitative estimate of drug-likeness (QED) is 0.915. The highest BCUT2D eigenvalue weighted by Crippen LogP contribution is 2.25. The number of benzene rings is 1. The third-order valence-electron chi connectivity index (χ3n) is 3.21. The number of rotatable bonds is 3. The average molecular weight is 259 g/mol. The van der Waals surface area contributed by atoms with Crippen molar-refractivity contribution in [3.63, 3.8) is 0 Å². The van der Waals surface area contributed by atoms with Gasteiger partial charge in [-0.05, 0) is 29.0 Å². The molecule has 1 aromatic heterocycles. The highest BCUT2D eigenvalue weighted by atomic mass is 32.1. The summed E-state index contributed by atoms with van der Waals surface area (Å²) in [6, 6.07) is 13.6. The molecule has 18 heavy (non-hydrogen) atoms. The van der Waals surface area contributed by atoms with Gasteiger partial charge in [0.05, 0.1) is 13.2 Å². The van der Waals surface area contributed by atoms with Crippen LogP contribution in [0.3, 0.4) is 0 Å². The lowest BCUT2D eigenvalue weighted by Gasteiger charge is -2.23. The van der Waals surface area contributed by atoms with Gasteiger partial charge in [0, 0.05) is 17.5 Å². The molecule has 1 fully saturated rings. The monoisotopic (exact) mass is 259 g/mol. The molecule has 94 valence electrons. The van der Waals surface area contributed by atoms with Crippen molar-refractivity contribution < 1.29 is 4.74 Å². The molecular formula is C15H17NOS. The summed E-state index contributed by atoms with van der Waals surface area (Å²) in [6.07, 6.45) is 1.04. The summed E-state index contributed by atoms with van der Waals surface area (Å²) in [4.78, 5) is 1.34. The second kappa shape index (κ2) is 5.65. The van der Waals surface area contributed by atoms with Gasteiger partial charge in [-0.2, -0.15) is 0 Å². The van der Waals surface area contributed by atoms with Gasteiger partial charge in [-0.3, -0.25) is 0 Å². The maximum Gasteiger partial charge on any atom is 0.0623 e. The van der Waals surface area contributed by atoms with Crippen molar-refractivity contribution in [1.82, 2.24) is 5.32 Å². The summed E-state index contributed by atoms with van der Waals surface area (Å²) >= 11 is 1.79. The molecule has 0 aliphatic carbocycles. The van der Waals surface area contributed by atoms with Crippen molar-refractivity contribution in [1.29, 1.82) is 0 Å². The highest BCUT2D eigenvalue weighted by molar-refractivity contribution is 7.13. The van der Waals surface area contributed by atoms with Crippen LogP contribution in [0, 0.1) is 0 Å². The van der Waals surface area contributed by atoms with E-state index in [1.54, 1.807) is 11.3 Å². The van der Waals surface area contributed by atoms with Crippen LogP contribution < -0.4 is 5.32 Å². The largest absolute Gasteiger partial charge is 0.379 e. The first-order chi connectivity index (χ1) is 8.92. The van der Waals surface area contributed by atoms with Gasteiger partial charge < -0.3 is 10.1 Å². The lowest BCUT2D eigenvalue weighted by Crippen LogP contribution is -2.42. The fourth-order valence-corrected chi connectivity index (χ4v) is 3.05. The van der Waals surface area contributed by atoms with Crippen LogP contribution in [0.2, 0.25) is 0 Å². The van der Waals surface area contributed by atoms with Gasteiger partial charge in [-0.1, -0.05) is 30.3 Å². The predicted octanol–water partition coefficient (Wildman–Crippen LogP) is 2.95. The van der Waals surface area contributed by atoms with E-state index in [0.717, 1.165) is 26.2 Å². The topological polar surface area (TPSA) is 21.3 Å². The predicted molar refractivity (Wildman–Crippen MR) is 76.1 cm³/mol. The number of ether oxygens (including phenoxy) is 1. The standard InChI is InChI=1S/C15H17NOS/c1-3-12(10-14-11-17-7-6-16-14)9-13(4-1)15-5-2-8-18-15/h1-5,8-9,14,16H,6-7,10-11H2/t14-/m1/s1. The van der Waals surface area contributed by atoms with E-state index < -0.39 is 0 Å². The molecule has 3 heteroatoms. The maximum absolute atomic E-state index is 5.50. The van der Waals surface area contributed by atoms with Crippen molar-refractivity contribution >= 4 is 11.3 Å². The first-order valence-electron chi connectivity index (χ1n) is 6.36. The SMILES string of the molecule is c1cc(C[C@@H]2COCCN2)cc(-c2cccs2)c1. The average Bonchev–Trinajstić information content (AvgIpc) is 2.94.